The van der Waals surface area contributed by atoms with Crippen molar-refractivity contribution in [3.05, 3.63) is 46.7 Å². The van der Waals surface area contributed by atoms with Crippen LogP contribution >= 0.6 is 11.6 Å². The molecule has 2 rings (SSSR count). The maximum atomic E-state index is 13.2. The molecule has 0 unspecified atom stereocenters. The zero-order valence-corrected chi connectivity index (χ0v) is 11.1. The minimum atomic E-state index is -1.29. The Morgan fingerprint density at radius 1 is 1.25 bits per heavy atom. The fraction of sp³-hybridized carbons (Fsp3) is 0.0714. The standard InChI is InChI=1S/C14H10ClFO4/c1-20-13-4-7(16)2-3-8(13)9-5-10(14(18)19)12(17)6-11(9)15/h2-6,17H,1H3,(H,18,19). The molecule has 0 heterocycles. The van der Waals surface area contributed by atoms with E-state index in [9.17, 15) is 14.3 Å². The van der Waals surface area contributed by atoms with Gasteiger partial charge in [0.05, 0.1) is 12.1 Å². The molecule has 0 radical (unpaired) electrons. The van der Waals surface area contributed by atoms with Crippen molar-refractivity contribution in [3.8, 4) is 22.6 Å². The number of phenols is 1. The van der Waals surface area contributed by atoms with Crippen molar-refractivity contribution in [2.75, 3.05) is 7.11 Å². The molecular weight excluding hydrogens is 287 g/mol. The molecule has 4 nitrogen and oxygen atoms in total. The summed E-state index contributed by atoms with van der Waals surface area (Å²) in [6.45, 7) is 0. The smallest absolute Gasteiger partial charge is 0.339 e. The van der Waals surface area contributed by atoms with Gasteiger partial charge in [-0.25, -0.2) is 9.18 Å². The van der Waals surface area contributed by atoms with E-state index in [0.29, 0.717) is 11.1 Å². The number of carboxylic acids is 1. The fourth-order valence-electron chi connectivity index (χ4n) is 1.83. The van der Waals surface area contributed by atoms with Crippen molar-refractivity contribution >= 4 is 17.6 Å². The van der Waals surface area contributed by atoms with Crippen LogP contribution in [0.1, 0.15) is 10.4 Å². The van der Waals surface area contributed by atoms with Crippen LogP contribution in [0.3, 0.4) is 0 Å². The molecule has 0 amide bonds. The summed E-state index contributed by atoms with van der Waals surface area (Å²) in [5.74, 6) is -2.00. The normalized spacial score (nSPS) is 10.3. The average molecular weight is 297 g/mol. The maximum absolute atomic E-state index is 13.2. The number of rotatable bonds is 3. The summed E-state index contributed by atoms with van der Waals surface area (Å²) in [6.07, 6.45) is 0. The van der Waals surface area contributed by atoms with Crippen LogP contribution in [-0.2, 0) is 0 Å². The predicted octanol–water partition coefficient (Wildman–Crippen LogP) is 3.56. The molecule has 20 heavy (non-hydrogen) atoms. The highest BCUT2D eigenvalue weighted by Gasteiger charge is 2.17. The first-order chi connectivity index (χ1) is 9.43. The molecule has 0 aliphatic rings. The van der Waals surface area contributed by atoms with Gasteiger partial charge in [-0.05, 0) is 18.2 Å². The van der Waals surface area contributed by atoms with Gasteiger partial charge < -0.3 is 14.9 Å². The first-order valence-corrected chi connectivity index (χ1v) is 5.91. The van der Waals surface area contributed by atoms with Gasteiger partial charge in [-0.3, -0.25) is 0 Å². The van der Waals surface area contributed by atoms with Gasteiger partial charge in [0, 0.05) is 23.3 Å². The van der Waals surface area contributed by atoms with E-state index in [1.165, 1.54) is 31.4 Å². The van der Waals surface area contributed by atoms with E-state index in [4.69, 9.17) is 21.4 Å². The summed E-state index contributed by atoms with van der Waals surface area (Å²) in [5, 5.41) is 18.7. The monoisotopic (exact) mass is 296 g/mol. The molecule has 0 bridgehead atoms. The van der Waals surface area contributed by atoms with Crippen molar-refractivity contribution in [1.29, 1.82) is 0 Å². The van der Waals surface area contributed by atoms with Crippen molar-refractivity contribution < 1.29 is 24.1 Å². The van der Waals surface area contributed by atoms with Crippen LogP contribution in [0.2, 0.25) is 5.02 Å². The zero-order chi connectivity index (χ0) is 14.9. The number of ether oxygens (including phenoxy) is 1. The first kappa shape index (κ1) is 14.1. The minimum Gasteiger partial charge on any atom is -0.507 e. The third kappa shape index (κ3) is 2.53. The molecule has 0 spiro atoms. The Morgan fingerprint density at radius 2 is 1.95 bits per heavy atom. The summed E-state index contributed by atoms with van der Waals surface area (Å²) >= 11 is 6.01. The molecule has 6 heteroatoms. The van der Waals surface area contributed by atoms with Crippen LogP contribution in [0.5, 0.6) is 11.5 Å². The van der Waals surface area contributed by atoms with Gasteiger partial charge in [0.15, 0.2) is 0 Å². The van der Waals surface area contributed by atoms with Gasteiger partial charge in [0.1, 0.15) is 22.9 Å². The molecular formula is C14H10ClFO4. The third-order valence-corrected chi connectivity index (χ3v) is 3.08. The number of carboxylic acid groups (broad SMARTS) is 1. The van der Waals surface area contributed by atoms with Crippen molar-refractivity contribution in [3.63, 3.8) is 0 Å². The van der Waals surface area contributed by atoms with Crippen LogP contribution in [0.4, 0.5) is 4.39 Å². The number of carbonyl (C=O) groups is 1. The lowest BCUT2D eigenvalue weighted by molar-refractivity contribution is 0.0694. The Balaban J connectivity index is 2.69. The van der Waals surface area contributed by atoms with Crippen molar-refractivity contribution in [2.24, 2.45) is 0 Å². The number of aromatic hydroxyl groups is 1. The molecule has 0 saturated carbocycles. The van der Waals surface area contributed by atoms with Crippen LogP contribution in [0.15, 0.2) is 30.3 Å². The van der Waals surface area contributed by atoms with E-state index in [2.05, 4.69) is 0 Å². The highest BCUT2D eigenvalue weighted by Crippen LogP contribution is 2.38. The second kappa shape index (κ2) is 5.38. The van der Waals surface area contributed by atoms with Gasteiger partial charge in [-0.2, -0.15) is 0 Å². The maximum Gasteiger partial charge on any atom is 0.339 e. The second-order valence-electron chi connectivity index (χ2n) is 4.00. The van der Waals surface area contributed by atoms with Crippen molar-refractivity contribution in [1.82, 2.24) is 0 Å². The molecule has 2 aromatic rings. The van der Waals surface area contributed by atoms with Crippen molar-refractivity contribution in [2.45, 2.75) is 0 Å². The molecule has 0 aromatic heterocycles. The third-order valence-electron chi connectivity index (χ3n) is 2.77. The molecule has 0 fully saturated rings. The summed E-state index contributed by atoms with van der Waals surface area (Å²) in [4.78, 5) is 11.0. The molecule has 0 aliphatic carbocycles. The summed E-state index contributed by atoms with van der Waals surface area (Å²) < 4.78 is 18.2. The Labute approximate surface area is 119 Å². The average Bonchev–Trinajstić information content (AvgIpc) is 2.39. The summed E-state index contributed by atoms with van der Waals surface area (Å²) in [5.41, 5.74) is 0.468. The van der Waals surface area contributed by atoms with E-state index in [-0.39, 0.29) is 16.3 Å². The Kier molecular flexibility index (Phi) is 3.81. The minimum absolute atomic E-state index is 0.136. The van der Waals surface area contributed by atoms with Crippen LogP contribution in [0, 0.1) is 5.82 Å². The second-order valence-corrected chi connectivity index (χ2v) is 4.41. The largest absolute Gasteiger partial charge is 0.507 e. The van der Waals surface area contributed by atoms with E-state index in [0.717, 1.165) is 6.07 Å². The topological polar surface area (TPSA) is 66.8 Å². The highest BCUT2D eigenvalue weighted by atomic mass is 35.5. The number of hydrogen-bond acceptors (Lipinski definition) is 3. The van der Waals surface area contributed by atoms with E-state index in [1.54, 1.807) is 0 Å². The Morgan fingerprint density at radius 3 is 2.55 bits per heavy atom. The molecule has 0 aliphatic heterocycles. The van der Waals surface area contributed by atoms with Gasteiger partial charge in [0.25, 0.3) is 0 Å². The molecule has 0 saturated heterocycles. The van der Waals surface area contributed by atoms with E-state index >= 15 is 0 Å². The number of halogens is 2. The summed E-state index contributed by atoms with van der Waals surface area (Å²) in [7, 11) is 1.37. The highest BCUT2D eigenvalue weighted by molar-refractivity contribution is 6.33. The first-order valence-electron chi connectivity index (χ1n) is 5.53. The lowest BCUT2D eigenvalue weighted by Gasteiger charge is -2.12. The van der Waals surface area contributed by atoms with Crippen LogP contribution < -0.4 is 4.74 Å². The Hall–Kier alpha value is -2.27. The lowest BCUT2D eigenvalue weighted by atomic mass is 10.0. The zero-order valence-electron chi connectivity index (χ0n) is 10.4. The number of benzene rings is 2. The lowest BCUT2D eigenvalue weighted by Crippen LogP contribution is -1.98. The number of hydrogen-bond donors (Lipinski definition) is 2. The number of aromatic carboxylic acids is 1. The molecule has 0 atom stereocenters. The number of methoxy groups -OCH3 is 1. The van der Waals surface area contributed by atoms with Gasteiger partial charge >= 0.3 is 5.97 Å². The van der Waals surface area contributed by atoms with Gasteiger partial charge in [-0.15, -0.1) is 0 Å². The molecule has 104 valence electrons. The van der Waals surface area contributed by atoms with E-state index in [1.807, 2.05) is 0 Å². The molecule has 2 N–H and O–H groups in total. The predicted molar refractivity (Wildman–Crippen MR) is 72.0 cm³/mol. The summed E-state index contributed by atoms with van der Waals surface area (Å²) in [6, 6.07) is 6.15. The van der Waals surface area contributed by atoms with Gasteiger partial charge in [0.2, 0.25) is 0 Å². The van der Waals surface area contributed by atoms with Gasteiger partial charge in [-0.1, -0.05) is 11.6 Å². The quantitative estimate of drug-likeness (QED) is 0.909. The Bertz CT molecular complexity index is 685. The molecule has 2 aromatic carbocycles. The van der Waals surface area contributed by atoms with Crippen LogP contribution in [0.25, 0.3) is 11.1 Å². The SMILES string of the molecule is COc1cc(F)ccc1-c1cc(C(=O)O)c(O)cc1Cl. The fourth-order valence-corrected chi connectivity index (χ4v) is 2.09. The van der Waals surface area contributed by atoms with Crippen LogP contribution in [-0.4, -0.2) is 23.3 Å². The van der Waals surface area contributed by atoms with E-state index < -0.39 is 17.5 Å².